The Labute approximate surface area is 233 Å². The van der Waals surface area contributed by atoms with Crippen LogP contribution in [-0.2, 0) is 9.59 Å². The van der Waals surface area contributed by atoms with Crippen LogP contribution in [0, 0.1) is 0 Å². The first-order valence-electron chi connectivity index (χ1n) is 13.2. The first-order chi connectivity index (χ1) is 18.5. The van der Waals surface area contributed by atoms with E-state index in [-0.39, 0.29) is 17.7 Å². The molecule has 1 saturated heterocycles. The molecule has 0 bridgehead atoms. The van der Waals surface area contributed by atoms with E-state index in [9.17, 15) is 9.59 Å². The van der Waals surface area contributed by atoms with E-state index in [1.807, 2.05) is 60.7 Å². The zero-order valence-electron chi connectivity index (χ0n) is 21.5. The SMILES string of the molecule is Nc1ccccc1NC(=O)C=Cc1ccc(C(CCCN2CCCCC2)C(=O)Nc2ccc(Br)cc2)cc1. The second kappa shape index (κ2) is 13.9. The van der Waals surface area contributed by atoms with E-state index in [4.69, 9.17) is 5.73 Å². The van der Waals surface area contributed by atoms with E-state index in [2.05, 4.69) is 31.5 Å². The van der Waals surface area contributed by atoms with Gasteiger partial charge in [-0.2, -0.15) is 0 Å². The fourth-order valence-electron chi connectivity index (χ4n) is 4.71. The Kier molecular flexibility index (Phi) is 10.1. The minimum absolute atomic E-state index is 0.00548. The monoisotopic (exact) mass is 574 g/mol. The molecule has 198 valence electrons. The summed E-state index contributed by atoms with van der Waals surface area (Å²) in [5.41, 5.74) is 9.64. The van der Waals surface area contributed by atoms with Gasteiger partial charge in [0.1, 0.15) is 0 Å². The number of halogens is 1. The number of carbonyl (C=O) groups is 2. The third-order valence-corrected chi connectivity index (χ3v) is 7.36. The quantitative estimate of drug-likeness (QED) is 0.186. The third-order valence-electron chi connectivity index (χ3n) is 6.83. The summed E-state index contributed by atoms with van der Waals surface area (Å²) < 4.78 is 0.971. The highest BCUT2D eigenvalue weighted by Gasteiger charge is 2.21. The van der Waals surface area contributed by atoms with Crippen molar-refractivity contribution in [1.29, 1.82) is 0 Å². The Morgan fingerprint density at radius 2 is 1.63 bits per heavy atom. The van der Waals surface area contributed by atoms with E-state index in [1.165, 1.54) is 25.3 Å². The van der Waals surface area contributed by atoms with E-state index in [0.717, 1.165) is 53.8 Å². The second-order valence-electron chi connectivity index (χ2n) is 9.67. The average molecular weight is 576 g/mol. The molecule has 1 heterocycles. The third kappa shape index (κ3) is 8.30. The zero-order chi connectivity index (χ0) is 26.7. The van der Waals surface area contributed by atoms with Gasteiger partial charge in [0, 0.05) is 16.2 Å². The zero-order valence-corrected chi connectivity index (χ0v) is 23.1. The molecule has 3 aromatic rings. The lowest BCUT2D eigenvalue weighted by molar-refractivity contribution is -0.117. The van der Waals surface area contributed by atoms with E-state index in [0.29, 0.717) is 11.4 Å². The van der Waals surface area contributed by atoms with Crippen LogP contribution in [0.25, 0.3) is 6.08 Å². The van der Waals surface area contributed by atoms with E-state index < -0.39 is 0 Å². The summed E-state index contributed by atoms with van der Waals surface area (Å²) >= 11 is 3.44. The van der Waals surface area contributed by atoms with E-state index in [1.54, 1.807) is 18.2 Å². The fraction of sp³-hybridized carbons (Fsp3) is 0.290. The summed E-state index contributed by atoms with van der Waals surface area (Å²) in [5, 5.41) is 5.88. The molecular weight excluding hydrogens is 540 g/mol. The molecule has 6 nitrogen and oxygen atoms in total. The average Bonchev–Trinajstić information content (AvgIpc) is 2.93. The molecule has 4 rings (SSSR count). The predicted octanol–water partition coefficient (Wildman–Crippen LogP) is 6.67. The fourth-order valence-corrected chi connectivity index (χ4v) is 4.97. The highest BCUT2D eigenvalue weighted by Crippen LogP contribution is 2.26. The maximum absolute atomic E-state index is 13.4. The van der Waals surface area contributed by atoms with Crippen LogP contribution < -0.4 is 16.4 Å². The molecular formula is C31H35BrN4O2. The summed E-state index contributed by atoms with van der Waals surface area (Å²) in [7, 11) is 0. The number of nitrogens with one attached hydrogen (secondary N) is 2. The Bertz CT molecular complexity index is 1240. The van der Waals surface area contributed by atoms with Gasteiger partial charge in [0.15, 0.2) is 0 Å². The molecule has 0 saturated carbocycles. The minimum Gasteiger partial charge on any atom is -0.397 e. The molecule has 1 unspecified atom stereocenters. The number of carbonyl (C=O) groups excluding carboxylic acids is 2. The van der Waals surface area contributed by atoms with Crippen molar-refractivity contribution < 1.29 is 9.59 Å². The van der Waals surface area contributed by atoms with Crippen molar-refractivity contribution >= 4 is 50.9 Å². The van der Waals surface area contributed by atoms with Crippen molar-refractivity contribution in [2.45, 2.75) is 38.0 Å². The molecule has 0 aliphatic carbocycles. The van der Waals surface area contributed by atoms with Crippen LogP contribution >= 0.6 is 15.9 Å². The molecule has 2 amide bonds. The maximum Gasteiger partial charge on any atom is 0.248 e. The van der Waals surface area contributed by atoms with E-state index >= 15 is 0 Å². The molecule has 0 radical (unpaired) electrons. The maximum atomic E-state index is 13.4. The van der Waals surface area contributed by atoms with Crippen LogP contribution in [0.3, 0.4) is 0 Å². The smallest absolute Gasteiger partial charge is 0.248 e. The number of para-hydroxylation sites is 2. The number of hydrogen-bond donors (Lipinski definition) is 3. The van der Waals surface area contributed by atoms with Crippen LogP contribution in [0.5, 0.6) is 0 Å². The number of benzene rings is 3. The number of piperidine rings is 1. The van der Waals surface area contributed by atoms with Crippen LogP contribution in [-0.4, -0.2) is 36.3 Å². The van der Waals surface area contributed by atoms with Crippen molar-refractivity contribution in [3.05, 3.63) is 94.5 Å². The number of likely N-dealkylation sites (tertiary alicyclic amines) is 1. The number of nitrogens with two attached hydrogens (primary N) is 1. The van der Waals surface area contributed by atoms with Gasteiger partial charge >= 0.3 is 0 Å². The van der Waals surface area contributed by atoms with Gasteiger partial charge in [0.2, 0.25) is 11.8 Å². The van der Waals surface area contributed by atoms with Crippen molar-refractivity contribution in [2.75, 3.05) is 36.0 Å². The lowest BCUT2D eigenvalue weighted by Gasteiger charge is -2.27. The lowest BCUT2D eigenvalue weighted by Crippen LogP contribution is -2.31. The Hall–Kier alpha value is -3.42. The molecule has 38 heavy (non-hydrogen) atoms. The number of rotatable bonds is 10. The highest BCUT2D eigenvalue weighted by atomic mass is 79.9. The Morgan fingerprint density at radius 3 is 2.34 bits per heavy atom. The predicted molar refractivity (Wildman–Crippen MR) is 160 cm³/mol. The molecule has 1 atom stereocenters. The summed E-state index contributed by atoms with van der Waals surface area (Å²) in [5.74, 6) is -0.517. The molecule has 3 aromatic carbocycles. The van der Waals surface area contributed by atoms with Gasteiger partial charge in [-0.05, 0) is 98.9 Å². The molecule has 1 fully saturated rings. The second-order valence-corrected chi connectivity index (χ2v) is 10.6. The van der Waals surface area contributed by atoms with Gasteiger partial charge in [-0.25, -0.2) is 0 Å². The molecule has 7 heteroatoms. The number of nitrogen functional groups attached to an aromatic ring is 1. The van der Waals surface area contributed by atoms with Crippen LogP contribution in [0.2, 0.25) is 0 Å². The number of nitrogens with zero attached hydrogens (tertiary/aromatic N) is 1. The molecule has 1 aliphatic rings. The standard InChI is InChI=1S/C31H35BrN4O2/c32-25-15-17-26(18-16-25)34-31(38)27(7-6-22-36-20-4-1-5-21-36)24-13-10-23(11-14-24)12-19-30(37)35-29-9-3-2-8-28(29)33/h2-3,8-19,27H,1,4-7,20-22,33H2,(H,34,38)(H,35,37). The highest BCUT2D eigenvalue weighted by molar-refractivity contribution is 9.10. The van der Waals surface area contributed by atoms with Crippen molar-refractivity contribution in [1.82, 2.24) is 4.90 Å². The Morgan fingerprint density at radius 1 is 0.921 bits per heavy atom. The molecule has 4 N–H and O–H groups in total. The summed E-state index contributed by atoms with van der Waals surface area (Å²) in [6.07, 6.45) is 8.82. The van der Waals surface area contributed by atoms with Gasteiger partial charge < -0.3 is 21.3 Å². The molecule has 0 aromatic heterocycles. The van der Waals surface area contributed by atoms with Gasteiger partial charge in [-0.1, -0.05) is 58.7 Å². The topological polar surface area (TPSA) is 87.5 Å². The first kappa shape index (κ1) is 27.6. The Balaban J connectivity index is 1.41. The molecule has 0 spiro atoms. The van der Waals surface area contributed by atoms with Gasteiger partial charge in [-0.15, -0.1) is 0 Å². The van der Waals surface area contributed by atoms with Crippen LogP contribution in [0.15, 0.2) is 83.3 Å². The van der Waals surface area contributed by atoms with Gasteiger partial charge in [0.05, 0.1) is 17.3 Å². The summed E-state index contributed by atoms with van der Waals surface area (Å²) in [6, 6.07) is 22.7. The normalized spacial score (nSPS) is 14.8. The molecule has 1 aliphatic heterocycles. The van der Waals surface area contributed by atoms with Gasteiger partial charge in [-0.3, -0.25) is 9.59 Å². The van der Waals surface area contributed by atoms with Gasteiger partial charge in [0.25, 0.3) is 0 Å². The van der Waals surface area contributed by atoms with Crippen molar-refractivity contribution in [2.24, 2.45) is 0 Å². The summed E-state index contributed by atoms with van der Waals surface area (Å²) in [6.45, 7) is 3.33. The number of hydrogen-bond acceptors (Lipinski definition) is 4. The largest absolute Gasteiger partial charge is 0.397 e. The number of anilines is 3. The summed E-state index contributed by atoms with van der Waals surface area (Å²) in [4.78, 5) is 28.2. The van der Waals surface area contributed by atoms with Crippen molar-refractivity contribution in [3.63, 3.8) is 0 Å². The first-order valence-corrected chi connectivity index (χ1v) is 14.0. The van der Waals surface area contributed by atoms with Crippen molar-refractivity contribution in [3.8, 4) is 0 Å². The van der Waals surface area contributed by atoms with Crippen LogP contribution in [0.4, 0.5) is 17.1 Å². The lowest BCUT2D eigenvalue weighted by atomic mass is 9.92. The van der Waals surface area contributed by atoms with Crippen LogP contribution in [0.1, 0.15) is 49.1 Å². The minimum atomic E-state index is -0.258. The number of amides is 2.